The third-order valence-electron chi connectivity index (χ3n) is 4.44. The average molecular weight is 369 g/mol. The standard InChI is InChI=1S/C19H17F2N5O/c20-19(21)11-22-4-3-13(19)7-14-9-25-17(10-24-14)16-2-1-15(8-18(16)27)26-6-5-23-12-26/h1-2,5-10,12,22,27H,3-4,11H2/b13-7+. The molecule has 6 nitrogen and oxygen atoms in total. The van der Waals surface area contributed by atoms with Gasteiger partial charge < -0.3 is 15.0 Å². The third kappa shape index (κ3) is 3.56. The lowest BCUT2D eigenvalue weighted by atomic mass is 10.0. The molecule has 27 heavy (non-hydrogen) atoms. The van der Waals surface area contributed by atoms with E-state index in [-0.39, 0.29) is 24.3 Å². The number of nitrogens with one attached hydrogen (secondary N) is 1. The highest BCUT2D eigenvalue weighted by atomic mass is 19.3. The number of hydrogen-bond donors (Lipinski definition) is 2. The Balaban J connectivity index is 1.59. The van der Waals surface area contributed by atoms with Crippen molar-refractivity contribution >= 4 is 6.08 Å². The lowest BCUT2D eigenvalue weighted by Crippen LogP contribution is -2.40. The summed E-state index contributed by atoms with van der Waals surface area (Å²) < 4.78 is 29.5. The number of aromatic hydroxyl groups is 1. The van der Waals surface area contributed by atoms with Gasteiger partial charge in [-0.3, -0.25) is 9.97 Å². The molecule has 0 spiro atoms. The van der Waals surface area contributed by atoms with Gasteiger partial charge in [-0.1, -0.05) is 0 Å². The van der Waals surface area contributed by atoms with E-state index >= 15 is 0 Å². The van der Waals surface area contributed by atoms with Crippen molar-refractivity contribution in [2.45, 2.75) is 12.3 Å². The van der Waals surface area contributed by atoms with Gasteiger partial charge in [0.2, 0.25) is 0 Å². The van der Waals surface area contributed by atoms with Crippen molar-refractivity contribution in [3.63, 3.8) is 0 Å². The smallest absolute Gasteiger partial charge is 0.281 e. The van der Waals surface area contributed by atoms with Gasteiger partial charge in [0.05, 0.1) is 42.3 Å². The van der Waals surface area contributed by atoms with Crippen LogP contribution in [0.25, 0.3) is 23.0 Å². The summed E-state index contributed by atoms with van der Waals surface area (Å²) in [4.78, 5) is 12.5. The zero-order valence-corrected chi connectivity index (χ0v) is 14.3. The summed E-state index contributed by atoms with van der Waals surface area (Å²) in [6.45, 7) is 0.158. The van der Waals surface area contributed by atoms with E-state index in [1.807, 2.05) is 6.07 Å². The molecule has 3 heterocycles. The molecule has 2 N–H and O–H groups in total. The van der Waals surface area contributed by atoms with Crippen LogP contribution in [-0.2, 0) is 0 Å². The van der Waals surface area contributed by atoms with Crippen molar-refractivity contribution in [1.29, 1.82) is 0 Å². The van der Waals surface area contributed by atoms with Crippen LogP contribution in [-0.4, -0.2) is 43.6 Å². The van der Waals surface area contributed by atoms with Crippen LogP contribution in [0.2, 0.25) is 0 Å². The second-order valence-corrected chi connectivity index (χ2v) is 6.30. The molecular weight excluding hydrogens is 352 g/mol. The van der Waals surface area contributed by atoms with Gasteiger partial charge in [-0.15, -0.1) is 0 Å². The lowest BCUT2D eigenvalue weighted by Gasteiger charge is -2.25. The maximum atomic E-state index is 13.9. The lowest BCUT2D eigenvalue weighted by molar-refractivity contribution is 0.0296. The average Bonchev–Trinajstić information content (AvgIpc) is 3.19. The molecular formula is C19H17F2N5O. The number of benzene rings is 1. The van der Waals surface area contributed by atoms with Crippen LogP contribution >= 0.6 is 0 Å². The van der Waals surface area contributed by atoms with Crippen LogP contribution in [0.15, 0.2) is 54.9 Å². The van der Waals surface area contributed by atoms with Gasteiger partial charge in [0.15, 0.2) is 0 Å². The molecule has 138 valence electrons. The fraction of sp³-hybridized carbons (Fsp3) is 0.211. The number of hydrogen-bond acceptors (Lipinski definition) is 5. The minimum atomic E-state index is -2.87. The molecule has 1 saturated heterocycles. The first kappa shape index (κ1) is 17.3. The van der Waals surface area contributed by atoms with E-state index in [1.54, 1.807) is 35.4 Å². The molecule has 4 rings (SSSR count). The molecule has 1 fully saturated rings. The summed E-state index contributed by atoms with van der Waals surface area (Å²) >= 11 is 0. The Bertz CT molecular complexity index is 968. The minimum absolute atomic E-state index is 0.0477. The molecule has 0 amide bonds. The molecule has 0 bridgehead atoms. The van der Waals surface area contributed by atoms with Gasteiger partial charge in [-0.25, -0.2) is 13.8 Å². The Labute approximate surface area is 154 Å². The number of piperidine rings is 1. The Morgan fingerprint density at radius 1 is 1.22 bits per heavy atom. The maximum absolute atomic E-state index is 13.9. The SMILES string of the molecule is Oc1cc(-n2ccnc2)ccc1-c1cnc(/C=C2\CCNCC2(F)F)cn1. The first-order valence-corrected chi connectivity index (χ1v) is 8.46. The van der Waals surface area contributed by atoms with Gasteiger partial charge >= 0.3 is 0 Å². The van der Waals surface area contributed by atoms with Crippen molar-refractivity contribution in [3.05, 3.63) is 60.6 Å². The summed E-state index contributed by atoms with van der Waals surface area (Å²) in [5, 5.41) is 13.0. The Hall–Kier alpha value is -3.13. The highest BCUT2D eigenvalue weighted by molar-refractivity contribution is 5.68. The van der Waals surface area contributed by atoms with Gasteiger partial charge in [-0.2, -0.15) is 0 Å². The van der Waals surface area contributed by atoms with Crippen LogP contribution in [0.5, 0.6) is 5.75 Å². The monoisotopic (exact) mass is 369 g/mol. The molecule has 2 aromatic heterocycles. The summed E-state index contributed by atoms with van der Waals surface area (Å²) in [5.74, 6) is -2.83. The van der Waals surface area contributed by atoms with E-state index < -0.39 is 5.92 Å². The van der Waals surface area contributed by atoms with Crippen molar-refractivity contribution in [2.75, 3.05) is 13.1 Å². The number of phenolic OH excluding ortho intramolecular Hbond substituents is 1. The van der Waals surface area contributed by atoms with Crippen LogP contribution in [0.3, 0.4) is 0 Å². The zero-order chi connectivity index (χ0) is 18.9. The fourth-order valence-corrected chi connectivity index (χ4v) is 2.98. The van der Waals surface area contributed by atoms with Gasteiger partial charge in [0, 0.05) is 29.6 Å². The van der Waals surface area contributed by atoms with Gasteiger partial charge in [-0.05, 0) is 31.2 Å². The predicted molar refractivity (Wildman–Crippen MR) is 96.7 cm³/mol. The Kier molecular flexibility index (Phi) is 4.41. The maximum Gasteiger partial charge on any atom is 0.281 e. The largest absolute Gasteiger partial charge is 0.507 e. The van der Waals surface area contributed by atoms with E-state index in [0.717, 1.165) is 5.69 Å². The number of nitrogens with zero attached hydrogens (tertiary/aromatic N) is 4. The number of imidazole rings is 1. The van der Waals surface area contributed by atoms with E-state index in [9.17, 15) is 13.9 Å². The Morgan fingerprint density at radius 2 is 2.11 bits per heavy atom. The first-order chi connectivity index (χ1) is 13.0. The van der Waals surface area contributed by atoms with Gasteiger partial charge in [0.1, 0.15) is 5.75 Å². The van der Waals surface area contributed by atoms with Crippen LogP contribution in [0, 0.1) is 0 Å². The molecule has 0 unspecified atom stereocenters. The van der Waals surface area contributed by atoms with E-state index in [2.05, 4.69) is 20.3 Å². The fourth-order valence-electron chi connectivity index (χ4n) is 2.98. The van der Waals surface area contributed by atoms with Crippen molar-refractivity contribution < 1.29 is 13.9 Å². The highest BCUT2D eigenvalue weighted by Gasteiger charge is 2.36. The van der Waals surface area contributed by atoms with Crippen LogP contribution < -0.4 is 5.32 Å². The number of halogens is 2. The third-order valence-corrected chi connectivity index (χ3v) is 4.44. The predicted octanol–water partition coefficient (Wildman–Crippen LogP) is 3.05. The number of rotatable bonds is 3. The topological polar surface area (TPSA) is 75.9 Å². The molecule has 0 aliphatic carbocycles. The molecule has 0 saturated carbocycles. The van der Waals surface area contributed by atoms with Crippen molar-refractivity contribution in [1.82, 2.24) is 24.8 Å². The molecule has 0 atom stereocenters. The summed E-state index contributed by atoms with van der Waals surface area (Å²) in [6.07, 6.45) is 9.61. The quantitative estimate of drug-likeness (QED) is 0.742. The Morgan fingerprint density at radius 3 is 2.78 bits per heavy atom. The number of alkyl halides is 2. The molecule has 0 radical (unpaired) electrons. The molecule has 1 aromatic carbocycles. The molecule has 1 aliphatic heterocycles. The second kappa shape index (κ2) is 6.88. The minimum Gasteiger partial charge on any atom is -0.507 e. The molecule has 3 aromatic rings. The molecule has 1 aliphatic rings. The zero-order valence-electron chi connectivity index (χ0n) is 14.3. The summed E-state index contributed by atoms with van der Waals surface area (Å²) in [5.41, 5.74) is 2.15. The molecule has 8 heteroatoms. The van der Waals surface area contributed by atoms with Crippen LogP contribution in [0.4, 0.5) is 8.78 Å². The van der Waals surface area contributed by atoms with Crippen LogP contribution in [0.1, 0.15) is 12.1 Å². The van der Waals surface area contributed by atoms with E-state index in [1.165, 1.54) is 18.5 Å². The van der Waals surface area contributed by atoms with Crippen molar-refractivity contribution in [3.8, 4) is 22.7 Å². The van der Waals surface area contributed by atoms with E-state index in [0.29, 0.717) is 23.5 Å². The van der Waals surface area contributed by atoms with Crippen molar-refractivity contribution in [2.24, 2.45) is 0 Å². The summed E-state index contributed by atoms with van der Waals surface area (Å²) in [7, 11) is 0. The normalized spacial score (nSPS) is 17.9. The van der Waals surface area contributed by atoms with E-state index in [4.69, 9.17) is 0 Å². The number of aromatic nitrogens is 4. The first-order valence-electron chi connectivity index (χ1n) is 8.46. The van der Waals surface area contributed by atoms with Gasteiger partial charge in [0.25, 0.3) is 5.92 Å². The highest BCUT2D eigenvalue weighted by Crippen LogP contribution is 2.31. The number of phenols is 1. The second-order valence-electron chi connectivity index (χ2n) is 6.30. The summed E-state index contributed by atoms with van der Waals surface area (Å²) in [6, 6.07) is 5.15.